The first kappa shape index (κ1) is 22.0. The number of amides is 1. The average Bonchev–Trinajstić information content (AvgIpc) is 3.17. The van der Waals surface area contributed by atoms with Crippen molar-refractivity contribution in [2.75, 3.05) is 13.1 Å². The van der Waals surface area contributed by atoms with E-state index in [1.807, 2.05) is 30.9 Å². The van der Waals surface area contributed by atoms with Crippen molar-refractivity contribution in [3.8, 4) is 0 Å². The highest BCUT2D eigenvalue weighted by atomic mass is 35.5. The number of pyridine rings is 1. The highest BCUT2D eigenvalue weighted by Crippen LogP contribution is 2.36. The van der Waals surface area contributed by atoms with E-state index in [-0.39, 0.29) is 23.3 Å². The molecule has 5 rings (SSSR count). The molecule has 1 aliphatic carbocycles. The minimum Gasteiger partial charge on any atom is -0.393 e. The van der Waals surface area contributed by atoms with Crippen LogP contribution in [0.15, 0.2) is 30.6 Å². The molecule has 1 N–H and O–H groups in total. The van der Waals surface area contributed by atoms with Crippen molar-refractivity contribution in [3.63, 3.8) is 0 Å². The highest BCUT2D eigenvalue weighted by Gasteiger charge is 2.26. The van der Waals surface area contributed by atoms with E-state index < -0.39 is 0 Å². The summed E-state index contributed by atoms with van der Waals surface area (Å²) >= 11 is 6.14. The summed E-state index contributed by atoms with van der Waals surface area (Å²) in [7, 11) is 0. The SMILES string of the molecule is Cc1cc(C(=O)N2CC=C(c3cn(C4CCC(O)CC4)c4nc(Cl)ncc34)CC2)cc(C)n1. The number of aryl methyl sites for hydroxylation is 2. The zero-order valence-corrected chi connectivity index (χ0v) is 19.7. The molecule has 3 aromatic rings. The minimum atomic E-state index is -0.210. The molecule has 33 heavy (non-hydrogen) atoms. The van der Waals surface area contributed by atoms with Gasteiger partial charge in [-0.1, -0.05) is 6.08 Å². The fourth-order valence-corrected chi connectivity index (χ4v) is 5.25. The maximum atomic E-state index is 13.0. The van der Waals surface area contributed by atoms with Crippen LogP contribution in [0.3, 0.4) is 0 Å². The van der Waals surface area contributed by atoms with Gasteiger partial charge in [-0.3, -0.25) is 9.78 Å². The smallest absolute Gasteiger partial charge is 0.254 e. The molecule has 3 aromatic heterocycles. The molecule has 0 bridgehead atoms. The van der Waals surface area contributed by atoms with Gasteiger partial charge in [-0.25, -0.2) is 4.98 Å². The van der Waals surface area contributed by atoms with Gasteiger partial charge in [-0.2, -0.15) is 4.98 Å². The predicted molar refractivity (Wildman–Crippen MR) is 128 cm³/mol. The first-order valence-corrected chi connectivity index (χ1v) is 11.9. The number of aromatic nitrogens is 4. The van der Waals surface area contributed by atoms with Crippen LogP contribution in [0.25, 0.3) is 16.6 Å². The fourth-order valence-electron chi connectivity index (χ4n) is 5.12. The van der Waals surface area contributed by atoms with Gasteiger partial charge in [0.25, 0.3) is 5.91 Å². The summed E-state index contributed by atoms with van der Waals surface area (Å²) in [6.45, 7) is 5.04. The molecule has 1 aliphatic heterocycles. The average molecular weight is 466 g/mol. The van der Waals surface area contributed by atoms with E-state index in [1.165, 1.54) is 5.57 Å². The van der Waals surface area contributed by atoms with Crippen LogP contribution in [0, 0.1) is 13.8 Å². The lowest BCUT2D eigenvalue weighted by Gasteiger charge is -2.27. The van der Waals surface area contributed by atoms with Crippen molar-refractivity contribution < 1.29 is 9.90 Å². The van der Waals surface area contributed by atoms with E-state index in [1.54, 1.807) is 6.20 Å². The van der Waals surface area contributed by atoms with Gasteiger partial charge < -0.3 is 14.6 Å². The van der Waals surface area contributed by atoms with Gasteiger partial charge in [0.2, 0.25) is 5.28 Å². The molecule has 7 nitrogen and oxygen atoms in total. The molecule has 1 saturated carbocycles. The number of aliphatic hydroxyl groups excluding tert-OH is 1. The number of rotatable bonds is 3. The second-order valence-electron chi connectivity index (χ2n) is 9.16. The van der Waals surface area contributed by atoms with Crippen LogP contribution in [0.2, 0.25) is 5.28 Å². The summed E-state index contributed by atoms with van der Waals surface area (Å²) < 4.78 is 2.21. The van der Waals surface area contributed by atoms with Gasteiger partial charge in [0.1, 0.15) is 5.65 Å². The Morgan fingerprint density at radius 3 is 2.52 bits per heavy atom. The van der Waals surface area contributed by atoms with E-state index >= 15 is 0 Å². The number of aliphatic hydroxyl groups is 1. The van der Waals surface area contributed by atoms with Gasteiger partial charge in [0, 0.05) is 59.4 Å². The summed E-state index contributed by atoms with van der Waals surface area (Å²) in [5, 5.41) is 11.1. The monoisotopic (exact) mass is 465 g/mol. The molecule has 0 saturated heterocycles. The van der Waals surface area contributed by atoms with Crippen LogP contribution in [0.5, 0.6) is 0 Å². The van der Waals surface area contributed by atoms with E-state index in [0.717, 1.165) is 60.1 Å². The maximum Gasteiger partial charge on any atom is 0.254 e. The first-order valence-electron chi connectivity index (χ1n) is 11.5. The van der Waals surface area contributed by atoms with Crippen LogP contribution in [0.4, 0.5) is 0 Å². The Bertz CT molecular complexity index is 1220. The molecule has 1 amide bonds. The number of hydrogen-bond acceptors (Lipinski definition) is 5. The summed E-state index contributed by atoms with van der Waals surface area (Å²) in [5.74, 6) is 0.0391. The lowest BCUT2D eigenvalue weighted by Crippen LogP contribution is -2.34. The van der Waals surface area contributed by atoms with Crippen molar-refractivity contribution in [1.82, 2.24) is 24.4 Å². The molecule has 172 valence electrons. The summed E-state index contributed by atoms with van der Waals surface area (Å²) in [6, 6.07) is 3.99. The lowest BCUT2D eigenvalue weighted by atomic mass is 9.93. The molecular weight excluding hydrogens is 438 g/mol. The maximum absolute atomic E-state index is 13.0. The summed E-state index contributed by atoms with van der Waals surface area (Å²) in [5.41, 5.74) is 5.55. The van der Waals surface area contributed by atoms with Crippen LogP contribution in [-0.4, -0.2) is 54.6 Å². The summed E-state index contributed by atoms with van der Waals surface area (Å²) in [6.07, 6.45) is 10.1. The molecule has 4 heterocycles. The Kier molecular flexibility index (Phi) is 5.93. The van der Waals surface area contributed by atoms with Gasteiger partial charge in [-0.15, -0.1) is 0 Å². The van der Waals surface area contributed by atoms with Crippen LogP contribution < -0.4 is 0 Å². The molecule has 0 atom stereocenters. The van der Waals surface area contributed by atoms with Crippen molar-refractivity contribution in [2.45, 2.75) is 58.1 Å². The third-order valence-corrected chi connectivity index (χ3v) is 6.95. The number of carbonyl (C=O) groups is 1. The first-order chi connectivity index (χ1) is 15.9. The second-order valence-corrected chi connectivity index (χ2v) is 9.50. The minimum absolute atomic E-state index is 0.0391. The normalized spacial score (nSPS) is 21.3. The van der Waals surface area contributed by atoms with Crippen LogP contribution >= 0.6 is 11.6 Å². The topological polar surface area (TPSA) is 84.1 Å². The van der Waals surface area contributed by atoms with Crippen molar-refractivity contribution in [2.24, 2.45) is 0 Å². The third kappa shape index (κ3) is 4.39. The number of fused-ring (bicyclic) bond motifs is 1. The molecule has 2 aliphatic rings. The molecular formula is C25H28ClN5O2. The number of halogens is 1. The Morgan fingerprint density at radius 2 is 1.85 bits per heavy atom. The molecule has 8 heteroatoms. The van der Waals surface area contributed by atoms with Crippen LogP contribution in [-0.2, 0) is 0 Å². The van der Waals surface area contributed by atoms with Crippen molar-refractivity contribution in [1.29, 1.82) is 0 Å². The number of hydrogen-bond donors (Lipinski definition) is 1. The van der Waals surface area contributed by atoms with Crippen molar-refractivity contribution >= 4 is 34.1 Å². The Morgan fingerprint density at radius 1 is 1.12 bits per heavy atom. The van der Waals surface area contributed by atoms with E-state index in [9.17, 15) is 9.90 Å². The molecule has 1 fully saturated rings. The van der Waals surface area contributed by atoms with E-state index in [2.05, 4.69) is 31.8 Å². The second kappa shape index (κ2) is 8.88. The molecule has 0 radical (unpaired) electrons. The van der Waals surface area contributed by atoms with E-state index in [4.69, 9.17) is 11.6 Å². The van der Waals surface area contributed by atoms with E-state index in [0.29, 0.717) is 18.7 Å². The Hall–Kier alpha value is -2.77. The van der Waals surface area contributed by atoms with Crippen molar-refractivity contribution in [3.05, 3.63) is 58.4 Å². The lowest BCUT2D eigenvalue weighted by molar-refractivity contribution is 0.0772. The Balaban J connectivity index is 1.43. The fraction of sp³-hybridized carbons (Fsp3) is 0.440. The quantitative estimate of drug-likeness (QED) is 0.575. The van der Waals surface area contributed by atoms with Gasteiger partial charge in [-0.05, 0) is 75.3 Å². The number of nitrogens with zero attached hydrogens (tertiary/aromatic N) is 5. The molecule has 0 unspecified atom stereocenters. The standard InChI is InChI=1S/C25H28ClN5O2/c1-15-11-18(12-16(2)28-15)24(33)30-9-7-17(8-10-30)22-14-31(19-3-5-20(32)6-4-19)23-21(22)13-27-25(26)29-23/h7,11-14,19-20,32H,3-6,8-10H2,1-2H3. The van der Waals surface area contributed by atoms with Gasteiger partial charge in [0.05, 0.1) is 6.10 Å². The zero-order chi connectivity index (χ0) is 23.1. The third-order valence-electron chi connectivity index (χ3n) is 6.77. The van der Waals surface area contributed by atoms with Crippen LogP contribution in [0.1, 0.15) is 65.5 Å². The number of carbonyl (C=O) groups excluding carboxylic acids is 1. The molecule has 0 aromatic carbocycles. The van der Waals surface area contributed by atoms with Gasteiger partial charge in [0.15, 0.2) is 0 Å². The van der Waals surface area contributed by atoms with Gasteiger partial charge >= 0.3 is 0 Å². The highest BCUT2D eigenvalue weighted by molar-refractivity contribution is 6.28. The Labute approximate surface area is 198 Å². The predicted octanol–water partition coefficient (Wildman–Crippen LogP) is 4.50. The molecule has 0 spiro atoms. The largest absolute Gasteiger partial charge is 0.393 e. The zero-order valence-electron chi connectivity index (χ0n) is 19.0. The summed E-state index contributed by atoms with van der Waals surface area (Å²) in [4.78, 5) is 28.1.